The molecule has 0 bridgehead atoms. The van der Waals surface area contributed by atoms with E-state index < -0.39 is 0 Å². The Kier molecular flexibility index (Phi) is 7.30. The van der Waals surface area contributed by atoms with Gasteiger partial charge in [0.05, 0.1) is 5.56 Å². The quantitative estimate of drug-likeness (QED) is 0.917. The zero-order valence-corrected chi connectivity index (χ0v) is 14.4. The second-order valence-corrected chi connectivity index (χ2v) is 5.70. The molecule has 1 aliphatic heterocycles. The van der Waals surface area contributed by atoms with Crippen molar-refractivity contribution in [3.05, 3.63) is 34.6 Å². The molecule has 5 heteroatoms. The number of benzene rings is 1. The Morgan fingerprint density at radius 3 is 2.36 bits per heavy atom. The molecular formula is C17H26ClFN2O. The summed E-state index contributed by atoms with van der Waals surface area (Å²) in [5, 5.41) is 3.32. The van der Waals surface area contributed by atoms with Crippen molar-refractivity contribution in [3.8, 4) is 0 Å². The number of piperidine rings is 1. The average molecular weight is 329 g/mol. The Morgan fingerprint density at radius 1 is 1.27 bits per heavy atom. The number of carbonyl (C=O) groups excluding carboxylic acids is 1. The second kappa shape index (κ2) is 8.49. The van der Waals surface area contributed by atoms with Crippen molar-refractivity contribution in [1.29, 1.82) is 0 Å². The lowest BCUT2D eigenvalue weighted by Crippen LogP contribution is -2.32. The van der Waals surface area contributed by atoms with Gasteiger partial charge in [-0.2, -0.15) is 0 Å². The van der Waals surface area contributed by atoms with Gasteiger partial charge in [0.15, 0.2) is 0 Å². The van der Waals surface area contributed by atoms with Gasteiger partial charge < -0.3 is 10.2 Å². The van der Waals surface area contributed by atoms with Gasteiger partial charge in [-0.15, -0.1) is 12.4 Å². The van der Waals surface area contributed by atoms with Gasteiger partial charge in [-0.25, -0.2) is 4.39 Å². The number of nitrogens with zero attached hydrogens (tertiary/aromatic N) is 1. The topological polar surface area (TPSA) is 32.3 Å². The summed E-state index contributed by atoms with van der Waals surface area (Å²) in [7, 11) is 0. The van der Waals surface area contributed by atoms with Crippen LogP contribution in [0, 0.1) is 12.7 Å². The molecule has 22 heavy (non-hydrogen) atoms. The molecule has 0 aliphatic carbocycles. The van der Waals surface area contributed by atoms with Crippen molar-refractivity contribution in [1.82, 2.24) is 10.2 Å². The van der Waals surface area contributed by atoms with Crippen molar-refractivity contribution < 1.29 is 9.18 Å². The number of hydrogen-bond donors (Lipinski definition) is 1. The van der Waals surface area contributed by atoms with Crippen LogP contribution >= 0.6 is 12.4 Å². The van der Waals surface area contributed by atoms with Crippen molar-refractivity contribution in [3.63, 3.8) is 0 Å². The fourth-order valence-corrected chi connectivity index (χ4v) is 3.10. The van der Waals surface area contributed by atoms with Gasteiger partial charge in [0.25, 0.3) is 5.91 Å². The number of nitrogens with one attached hydrogen (secondary N) is 1. The Hall–Kier alpha value is -1.13. The summed E-state index contributed by atoms with van der Waals surface area (Å²) in [6, 6.07) is 3.56. The highest BCUT2D eigenvalue weighted by molar-refractivity contribution is 5.96. The summed E-state index contributed by atoms with van der Waals surface area (Å²) in [6.07, 6.45) is 2.06. The lowest BCUT2D eigenvalue weighted by Gasteiger charge is -2.25. The maximum atomic E-state index is 14.5. The third-order valence-electron chi connectivity index (χ3n) is 4.38. The Morgan fingerprint density at radius 2 is 1.86 bits per heavy atom. The van der Waals surface area contributed by atoms with E-state index in [0.29, 0.717) is 19.0 Å². The van der Waals surface area contributed by atoms with Gasteiger partial charge in [0, 0.05) is 13.1 Å². The van der Waals surface area contributed by atoms with E-state index in [0.717, 1.165) is 37.1 Å². The first-order valence-corrected chi connectivity index (χ1v) is 7.88. The van der Waals surface area contributed by atoms with Crippen LogP contribution in [-0.2, 0) is 0 Å². The Bertz CT molecular complexity index is 488. The Labute approximate surface area is 138 Å². The number of aryl methyl sites for hydroxylation is 1. The highest BCUT2D eigenvalue weighted by Crippen LogP contribution is 2.28. The van der Waals surface area contributed by atoms with Gasteiger partial charge in [-0.3, -0.25) is 4.79 Å². The summed E-state index contributed by atoms with van der Waals surface area (Å²) < 4.78 is 14.5. The number of amides is 1. The van der Waals surface area contributed by atoms with E-state index in [9.17, 15) is 9.18 Å². The number of carbonyl (C=O) groups is 1. The predicted molar refractivity (Wildman–Crippen MR) is 90.5 cm³/mol. The van der Waals surface area contributed by atoms with Crippen molar-refractivity contribution >= 4 is 18.3 Å². The van der Waals surface area contributed by atoms with Crippen LogP contribution in [0.2, 0.25) is 0 Å². The van der Waals surface area contributed by atoms with Crippen LogP contribution in [0.3, 0.4) is 0 Å². The zero-order chi connectivity index (χ0) is 15.4. The fraction of sp³-hybridized carbons (Fsp3) is 0.588. The maximum Gasteiger partial charge on any atom is 0.257 e. The highest BCUT2D eigenvalue weighted by atomic mass is 35.5. The van der Waals surface area contributed by atoms with Gasteiger partial charge >= 0.3 is 0 Å². The first-order chi connectivity index (χ1) is 10.1. The summed E-state index contributed by atoms with van der Waals surface area (Å²) in [5.41, 5.74) is 2.01. The molecule has 1 aromatic rings. The minimum absolute atomic E-state index is 0. The molecule has 1 fully saturated rings. The molecular weight excluding hydrogens is 303 g/mol. The molecule has 2 rings (SSSR count). The largest absolute Gasteiger partial charge is 0.339 e. The zero-order valence-electron chi connectivity index (χ0n) is 13.6. The monoisotopic (exact) mass is 328 g/mol. The molecule has 124 valence electrons. The fourth-order valence-electron chi connectivity index (χ4n) is 3.10. The molecule has 0 saturated carbocycles. The van der Waals surface area contributed by atoms with E-state index in [4.69, 9.17) is 0 Å². The maximum absolute atomic E-state index is 14.5. The molecule has 1 aromatic carbocycles. The molecule has 0 radical (unpaired) electrons. The van der Waals surface area contributed by atoms with Crippen LogP contribution in [0.15, 0.2) is 12.1 Å². The minimum Gasteiger partial charge on any atom is -0.339 e. The summed E-state index contributed by atoms with van der Waals surface area (Å²) in [4.78, 5) is 14.1. The third kappa shape index (κ3) is 3.99. The smallest absolute Gasteiger partial charge is 0.257 e. The molecule has 0 unspecified atom stereocenters. The Balaban J connectivity index is 0.00000242. The van der Waals surface area contributed by atoms with Crippen LogP contribution in [0.4, 0.5) is 4.39 Å². The number of hydrogen-bond acceptors (Lipinski definition) is 2. The molecule has 1 amide bonds. The van der Waals surface area contributed by atoms with Gasteiger partial charge in [0.2, 0.25) is 0 Å². The molecule has 1 N–H and O–H groups in total. The first kappa shape index (κ1) is 18.9. The number of halogens is 2. The van der Waals surface area contributed by atoms with E-state index in [1.54, 1.807) is 11.0 Å². The molecule has 1 aliphatic rings. The lowest BCUT2D eigenvalue weighted by molar-refractivity contribution is 0.0767. The van der Waals surface area contributed by atoms with Crippen LogP contribution in [0.5, 0.6) is 0 Å². The van der Waals surface area contributed by atoms with Crippen LogP contribution < -0.4 is 5.32 Å². The molecule has 0 aromatic heterocycles. The van der Waals surface area contributed by atoms with Gasteiger partial charge in [0.1, 0.15) is 5.82 Å². The number of rotatable bonds is 4. The van der Waals surface area contributed by atoms with E-state index in [2.05, 4.69) is 5.32 Å². The highest BCUT2D eigenvalue weighted by Gasteiger charge is 2.23. The summed E-state index contributed by atoms with van der Waals surface area (Å²) in [6.45, 7) is 8.83. The van der Waals surface area contributed by atoms with Crippen molar-refractivity contribution in [2.75, 3.05) is 26.2 Å². The summed E-state index contributed by atoms with van der Waals surface area (Å²) >= 11 is 0. The normalized spacial score (nSPS) is 15.3. The van der Waals surface area contributed by atoms with Gasteiger partial charge in [-0.1, -0.05) is 6.07 Å². The van der Waals surface area contributed by atoms with Gasteiger partial charge in [-0.05, 0) is 69.8 Å². The SMILES string of the molecule is CCN(CC)C(=O)c1c(C)cc(C2CCNCC2)cc1F.Cl. The van der Waals surface area contributed by atoms with Crippen LogP contribution in [0.25, 0.3) is 0 Å². The van der Waals surface area contributed by atoms with Crippen LogP contribution in [0.1, 0.15) is 54.1 Å². The molecule has 0 atom stereocenters. The summed E-state index contributed by atoms with van der Waals surface area (Å²) in [5.74, 6) is -0.177. The first-order valence-electron chi connectivity index (χ1n) is 7.88. The molecule has 3 nitrogen and oxygen atoms in total. The lowest BCUT2D eigenvalue weighted by atomic mass is 9.88. The standard InChI is InChI=1S/C17H25FN2O.ClH/c1-4-20(5-2)17(21)16-12(3)10-14(11-15(16)18)13-6-8-19-9-7-13;/h10-11,13,19H,4-9H2,1-3H3;1H. The van der Waals surface area contributed by atoms with E-state index >= 15 is 0 Å². The third-order valence-corrected chi connectivity index (χ3v) is 4.38. The molecule has 1 saturated heterocycles. The molecule has 1 heterocycles. The average Bonchev–Trinajstić information content (AvgIpc) is 2.48. The van der Waals surface area contributed by atoms with Crippen LogP contribution in [-0.4, -0.2) is 37.0 Å². The molecule has 0 spiro atoms. The van der Waals surface area contributed by atoms with E-state index in [1.165, 1.54) is 0 Å². The van der Waals surface area contributed by atoms with Crippen molar-refractivity contribution in [2.45, 2.75) is 39.5 Å². The van der Waals surface area contributed by atoms with Crippen molar-refractivity contribution in [2.24, 2.45) is 0 Å². The minimum atomic E-state index is -0.375. The second-order valence-electron chi connectivity index (χ2n) is 5.70. The van der Waals surface area contributed by atoms with E-state index in [1.807, 2.05) is 26.8 Å². The van der Waals surface area contributed by atoms with E-state index in [-0.39, 0.29) is 29.7 Å². The predicted octanol–water partition coefficient (Wildman–Crippen LogP) is 3.50.